The SMILES string of the molecule is Cc1ccc(C(C)Nc2ccc(C)c([N+](=O)[O-])c2)c(O)c1. The van der Waals surface area contributed by atoms with Gasteiger partial charge >= 0.3 is 0 Å². The molecule has 21 heavy (non-hydrogen) atoms. The molecule has 2 N–H and O–H groups in total. The van der Waals surface area contributed by atoms with Gasteiger partial charge in [-0.25, -0.2) is 0 Å². The first-order valence-electron chi connectivity index (χ1n) is 6.69. The number of nitro groups is 1. The number of hydrogen-bond donors (Lipinski definition) is 2. The van der Waals surface area contributed by atoms with Gasteiger partial charge in [0.15, 0.2) is 0 Å². The largest absolute Gasteiger partial charge is 0.508 e. The smallest absolute Gasteiger partial charge is 0.274 e. The zero-order chi connectivity index (χ0) is 15.6. The highest BCUT2D eigenvalue weighted by atomic mass is 16.6. The van der Waals surface area contributed by atoms with Gasteiger partial charge in [0.05, 0.1) is 11.0 Å². The van der Waals surface area contributed by atoms with Crippen LogP contribution in [0.2, 0.25) is 0 Å². The Morgan fingerprint density at radius 2 is 1.90 bits per heavy atom. The highest BCUT2D eigenvalue weighted by Crippen LogP contribution is 2.29. The van der Waals surface area contributed by atoms with Gasteiger partial charge in [-0.1, -0.05) is 18.2 Å². The first-order valence-corrected chi connectivity index (χ1v) is 6.69. The molecular weight excluding hydrogens is 268 g/mol. The minimum atomic E-state index is -0.394. The summed E-state index contributed by atoms with van der Waals surface area (Å²) in [5.74, 6) is 0.219. The van der Waals surface area contributed by atoms with E-state index >= 15 is 0 Å². The van der Waals surface area contributed by atoms with Crippen LogP contribution in [0.1, 0.15) is 29.7 Å². The number of nitro benzene ring substituents is 1. The zero-order valence-corrected chi connectivity index (χ0v) is 12.3. The van der Waals surface area contributed by atoms with Crippen molar-refractivity contribution >= 4 is 11.4 Å². The maximum Gasteiger partial charge on any atom is 0.274 e. The van der Waals surface area contributed by atoms with E-state index in [9.17, 15) is 15.2 Å². The van der Waals surface area contributed by atoms with Gasteiger partial charge in [0.2, 0.25) is 0 Å². The molecule has 0 bridgehead atoms. The number of aryl methyl sites for hydroxylation is 2. The van der Waals surface area contributed by atoms with Gasteiger partial charge < -0.3 is 10.4 Å². The van der Waals surface area contributed by atoms with Crippen LogP contribution in [-0.4, -0.2) is 10.0 Å². The Labute approximate surface area is 123 Å². The molecule has 0 aliphatic heterocycles. The van der Waals surface area contributed by atoms with Crippen LogP contribution in [0, 0.1) is 24.0 Å². The molecule has 2 aromatic carbocycles. The van der Waals surface area contributed by atoms with Crippen molar-refractivity contribution in [3.8, 4) is 5.75 Å². The fourth-order valence-corrected chi connectivity index (χ4v) is 2.24. The lowest BCUT2D eigenvalue weighted by atomic mass is 10.0. The Kier molecular flexibility index (Phi) is 4.12. The number of phenolic OH excluding ortho intramolecular Hbond substituents is 1. The number of rotatable bonds is 4. The summed E-state index contributed by atoms with van der Waals surface area (Å²) >= 11 is 0. The fraction of sp³-hybridized carbons (Fsp3) is 0.250. The number of nitrogens with one attached hydrogen (secondary N) is 1. The topological polar surface area (TPSA) is 75.4 Å². The summed E-state index contributed by atoms with van der Waals surface area (Å²) in [4.78, 5) is 10.6. The van der Waals surface area contributed by atoms with Crippen LogP contribution in [0.25, 0.3) is 0 Å². The summed E-state index contributed by atoms with van der Waals surface area (Å²) in [5, 5.41) is 24.1. The molecule has 0 aliphatic rings. The third-order valence-corrected chi connectivity index (χ3v) is 3.44. The lowest BCUT2D eigenvalue weighted by molar-refractivity contribution is -0.385. The standard InChI is InChI=1S/C16H18N2O3/c1-10-4-7-14(16(19)8-10)12(3)17-13-6-5-11(2)15(9-13)18(20)21/h4-9,12,17,19H,1-3H3. The second kappa shape index (κ2) is 5.83. The lowest BCUT2D eigenvalue weighted by Crippen LogP contribution is -2.07. The highest BCUT2D eigenvalue weighted by Gasteiger charge is 2.14. The van der Waals surface area contributed by atoms with Crippen LogP contribution in [0.15, 0.2) is 36.4 Å². The Morgan fingerprint density at radius 1 is 1.19 bits per heavy atom. The Morgan fingerprint density at radius 3 is 2.52 bits per heavy atom. The van der Waals surface area contributed by atoms with Gasteiger partial charge in [-0.3, -0.25) is 10.1 Å². The van der Waals surface area contributed by atoms with Crippen molar-refractivity contribution in [2.24, 2.45) is 0 Å². The number of anilines is 1. The molecule has 0 aromatic heterocycles. The van der Waals surface area contributed by atoms with E-state index < -0.39 is 4.92 Å². The molecule has 1 unspecified atom stereocenters. The minimum Gasteiger partial charge on any atom is -0.508 e. The highest BCUT2D eigenvalue weighted by molar-refractivity contribution is 5.56. The van der Waals surface area contributed by atoms with Crippen molar-refractivity contribution in [3.63, 3.8) is 0 Å². The van der Waals surface area contributed by atoms with Crippen LogP contribution >= 0.6 is 0 Å². The molecule has 2 rings (SSSR count). The number of hydrogen-bond acceptors (Lipinski definition) is 4. The molecule has 5 nitrogen and oxygen atoms in total. The first-order chi connectivity index (χ1) is 9.88. The second-order valence-corrected chi connectivity index (χ2v) is 5.19. The Bertz CT molecular complexity index is 683. The molecule has 0 amide bonds. The number of benzene rings is 2. The average Bonchev–Trinajstić information content (AvgIpc) is 2.40. The fourth-order valence-electron chi connectivity index (χ4n) is 2.24. The van der Waals surface area contributed by atoms with E-state index in [1.165, 1.54) is 6.07 Å². The van der Waals surface area contributed by atoms with Gasteiger partial charge in [0, 0.05) is 22.9 Å². The van der Waals surface area contributed by atoms with E-state index in [1.54, 1.807) is 25.1 Å². The predicted molar refractivity (Wildman–Crippen MR) is 82.7 cm³/mol. The number of phenols is 1. The maximum atomic E-state index is 11.0. The summed E-state index contributed by atoms with van der Waals surface area (Å²) < 4.78 is 0. The molecule has 0 radical (unpaired) electrons. The second-order valence-electron chi connectivity index (χ2n) is 5.19. The van der Waals surface area contributed by atoms with Crippen LogP contribution < -0.4 is 5.32 Å². The Balaban J connectivity index is 2.25. The van der Waals surface area contributed by atoms with E-state index in [1.807, 2.05) is 26.0 Å². The van der Waals surface area contributed by atoms with Gasteiger partial charge in [-0.05, 0) is 38.5 Å². The van der Waals surface area contributed by atoms with Crippen molar-refractivity contribution in [1.29, 1.82) is 0 Å². The number of aromatic hydroxyl groups is 1. The maximum absolute atomic E-state index is 11.0. The predicted octanol–water partition coefficient (Wildman–Crippen LogP) is 4.09. The van der Waals surface area contributed by atoms with E-state index in [2.05, 4.69) is 5.32 Å². The van der Waals surface area contributed by atoms with Crippen molar-refractivity contribution in [1.82, 2.24) is 0 Å². The van der Waals surface area contributed by atoms with Crippen molar-refractivity contribution in [2.45, 2.75) is 26.8 Å². The van der Waals surface area contributed by atoms with Gasteiger partial charge in [-0.2, -0.15) is 0 Å². The number of nitrogens with zero attached hydrogens (tertiary/aromatic N) is 1. The summed E-state index contributed by atoms with van der Waals surface area (Å²) in [6.45, 7) is 5.51. The lowest BCUT2D eigenvalue weighted by Gasteiger charge is -2.17. The van der Waals surface area contributed by atoms with Crippen LogP contribution in [0.3, 0.4) is 0 Å². The Hall–Kier alpha value is -2.56. The minimum absolute atomic E-state index is 0.0836. The average molecular weight is 286 g/mol. The third kappa shape index (κ3) is 3.31. The molecule has 0 heterocycles. The van der Waals surface area contributed by atoms with E-state index in [0.29, 0.717) is 11.3 Å². The molecule has 0 aliphatic carbocycles. The zero-order valence-electron chi connectivity index (χ0n) is 12.3. The van der Waals surface area contributed by atoms with Crippen molar-refractivity contribution in [3.05, 3.63) is 63.2 Å². The van der Waals surface area contributed by atoms with Crippen molar-refractivity contribution in [2.75, 3.05) is 5.32 Å². The molecule has 0 fully saturated rings. The van der Waals surface area contributed by atoms with Gasteiger partial charge in [0.1, 0.15) is 5.75 Å². The molecule has 0 saturated carbocycles. The van der Waals surface area contributed by atoms with E-state index in [-0.39, 0.29) is 17.5 Å². The monoisotopic (exact) mass is 286 g/mol. The third-order valence-electron chi connectivity index (χ3n) is 3.44. The molecular formula is C16H18N2O3. The summed E-state index contributed by atoms with van der Waals surface area (Å²) in [7, 11) is 0. The first kappa shape index (κ1) is 14.8. The molecule has 0 saturated heterocycles. The van der Waals surface area contributed by atoms with E-state index in [4.69, 9.17) is 0 Å². The quantitative estimate of drug-likeness (QED) is 0.655. The normalized spacial score (nSPS) is 12.0. The molecule has 2 aromatic rings. The van der Waals surface area contributed by atoms with Crippen LogP contribution in [0.4, 0.5) is 11.4 Å². The molecule has 110 valence electrons. The van der Waals surface area contributed by atoms with Crippen LogP contribution in [0.5, 0.6) is 5.75 Å². The van der Waals surface area contributed by atoms with Gasteiger partial charge in [-0.15, -0.1) is 0 Å². The summed E-state index contributed by atoms with van der Waals surface area (Å²) in [6.07, 6.45) is 0. The summed E-state index contributed by atoms with van der Waals surface area (Å²) in [5.41, 5.74) is 3.09. The van der Waals surface area contributed by atoms with Gasteiger partial charge in [0.25, 0.3) is 5.69 Å². The van der Waals surface area contributed by atoms with E-state index in [0.717, 1.165) is 11.1 Å². The summed E-state index contributed by atoms with van der Waals surface area (Å²) in [6, 6.07) is 10.3. The molecule has 0 spiro atoms. The molecule has 5 heteroatoms. The van der Waals surface area contributed by atoms with Crippen molar-refractivity contribution < 1.29 is 10.0 Å². The van der Waals surface area contributed by atoms with Crippen LogP contribution in [-0.2, 0) is 0 Å². The molecule has 1 atom stereocenters.